The molecule has 0 heterocycles. The summed E-state index contributed by atoms with van der Waals surface area (Å²) in [6.45, 7) is 3.04. The van der Waals surface area contributed by atoms with Gasteiger partial charge in [-0.15, -0.1) is 0 Å². The highest BCUT2D eigenvalue weighted by Crippen LogP contribution is 1.84. The lowest BCUT2D eigenvalue weighted by molar-refractivity contribution is 0.173. The Balaban J connectivity index is 3.44. The Labute approximate surface area is 74.2 Å². The van der Waals surface area contributed by atoms with E-state index in [4.69, 9.17) is 4.74 Å². The zero-order valence-electron chi connectivity index (χ0n) is 7.83. The average Bonchev–Trinajstić information content (AvgIpc) is 1.84. The number of sulfone groups is 1. The van der Waals surface area contributed by atoms with Gasteiger partial charge in [0.15, 0.2) is 0 Å². The molecule has 0 aromatic carbocycles. The fourth-order valence-electron chi connectivity index (χ4n) is 0.800. The third kappa shape index (κ3) is 7.97. The third-order valence-electron chi connectivity index (χ3n) is 1.38. The predicted molar refractivity (Wildman–Crippen MR) is 49.1 cm³/mol. The maximum Gasteiger partial charge on any atom is 0.148 e. The maximum absolute atomic E-state index is 10.7. The molecule has 74 valence electrons. The highest BCUT2D eigenvalue weighted by Gasteiger charge is 2.03. The van der Waals surface area contributed by atoms with Crippen LogP contribution in [-0.2, 0) is 14.6 Å². The first kappa shape index (κ1) is 11.9. The molecule has 0 fully saturated rings. The van der Waals surface area contributed by atoms with Crippen molar-refractivity contribution in [3.8, 4) is 0 Å². The summed E-state index contributed by atoms with van der Waals surface area (Å²) in [5, 5.41) is 3.04. The summed E-state index contributed by atoms with van der Waals surface area (Å²) >= 11 is 0. The summed E-state index contributed by atoms with van der Waals surface area (Å²) in [4.78, 5) is 0. The monoisotopic (exact) mass is 195 g/mol. The quantitative estimate of drug-likeness (QED) is 0.630. The lowest BCUT2D eigenvalue weighted by atomic mass is 10.4. The van der Waals surface area contributed by atoms with Gasteiger partial charge in [0.1, 0.15) is 9.84 Å². The second-order valence-electron chi connectivity index (χ2n) is 2.94. The second kappa shape index (κ2) is 5.50. The summed E-state index contributed by atoms with van der Waals surface area (Å²) in [5.41, 5.74) is 0. The van der Waals surface area contributed by atoms with Crippen LogP contribution in [0.5, 0.6) is 0 Å². The summed E-state index contributed by atoms with van der Waals surface area (Å²) in [7, 11) is -1.22. The van der Waals surface area contributed by atoms with Crippen LogP contribution in [0.25, 0.3) is 0 Å². The van der Waals surface area contributed by atoms with Gasteiger partial charge < -0.3 is 10.1 Å². The van der Waals surface area contributed by atoms with Crippen molar-refractivity contribution in [2.75, 3.05) is 32.3 Å². The fourth-order valence-corrected chi connectivity index (χ4v) is 1.29. The van der Waals surface area contributed by atoms with Gasteiger partial charge in [-0.3, -0.25) is 0 Å². The lowest BCUT2D eigenvalue weighted by Crippen LogP contribution is -2.33. The molecule has 0 aromatic heterocycles. The molecule has 1 N–H and O–H groups in total. The van der Waals surface area contributed by atoms with Gasteiger partial charge in [-0.1, -0.05) is 0 Å². The van der Waals surface area contributed by atoms with Gasteiger partial charge in [-0.2, -0.15) is 0 Å². The van der Waals surface area contributed by atoms with Crippen LogP contribution < -0.4 is 5.32 Å². The van der Waals surface area contributed by atoms with Crippen LogP contribution in [0.3, 0.4) is 0 Å². The average molecular weight is 195 g/mol. The Morgan fingerprint density at radius 2 is 2.08 bits per heavy atom. The SMILES string of the molecule is COCC(C)NCCS(C)(=O)=O. The molecule has 0 aliphatic carbocycles. The van der Waals surface area contributed by atoms with Crippen LogP contribution in [0.1, 0.15) is 6.92 Å². The Hall–Kier alpha value is -0.130. The van der Waals surface area contributed by atoms with Crippen molar-refractivity contribution in [2.45, 2.75) is 13.0 Å². The molecule has 5 heteroatoms. The largest absolute Gasteiger partial charge is 0.383 e. The fraction of sp³-hybridized carbons (Fsp3) is 1.00. The van der Waals surface area contributed by atoms with Gasteiger partial charge in [0.25, 0.3) is 0 Å². The topological polar surface area (TPSA) is 55.4 Å². The van der Waals surface area contributed by atoms with E-state index < -0.39 is 9.84 Å². The minimum absolute atomic E-state index is 0.182. The molecular formula is C7H17NO3S. The molecule has 0 bridgehead atoms. The smallest absolute Gasteiger partial charge is 0.148 e. The van der Waals surface area contributed by atoms with Crippen molar-refractivity contribution < 1.29 is 13.2 Å². The van der Waals surface area contributed by atoms with Gasteiger partial charge in [0.2, 0.25) is 0 Å². The Morgan fingerprint density at radius 1 is 1.50 bits per heavy atom. The summed E-state index contributed by atoms with van der Waals surface area (Å²) < 4.78 is 26.3. The number of methoxy groups -OCH3 is 1. The van der Waals surface area contributed by atoms with Gasteiger partial charge in [0.05, 0.1) is 12.4 Å². The zero-order chi connectivity index (χ0) is 9.61. The first-order valence-electron chi connectivity index (χ1n) is 3.86. The highest BCUT2D eigenvalue weighted by atomic mass is 32.2. The van der Waals surface area contributed by atoms with E-state index in [0.29, 0.717) is 13.2 Å². The molecule has 0 saturated heterocycles. The molecular weight excluding hydrogens is 178 g/mol. The van der Waals surface area contributed by atoms with Crippen molar-refractivity contribution in [3.63, 3.8) is 0 Å². The molecule has 1 atom stereocenters. The normalized spacial score (nSPS) is 14.6. The van der Waals surface area contributed by atoms with Gasteiger partial charge >= 0.3 is 0 Å². The lowest BCUT2D eigenvalue weighted by Gasteiger charge is -2.11. The number of nitrogens with one attached hydrogen (secondary N) is 1. The van der Waals surface area contributed by atoms with Crippen molar-refractivity contribution in [1.29, 1.82) is 0 Å². The van der Waals surface area contributed by atoms with E-state index >= 15 is 0 Å². The molecule has 0 spiro atoms. The molecule has 0 aliphatic heterocycles. The molecule has 0 radical (unpaired) electrons. The summed E-state index contributed by atoms with van der Waals surface area (Å²) in [5.74, 6) is 0.182. The molecule has 4 nitrogen and oxygen atoms in total. The molecule has 0 aromatic rings. The Morgan fingerprint density at radius 3 is 2.50 bits per heavy atom. The van der Waals surface area contributed by atoms with Crippen LogP contribution in [0, 0.1) is 0 Å². The van der Waals surface area contributed by atoms with Crippen molar-refractivity contribution >= 4 is 9.84 Å². The zero-order valence-corrected chi connectivity index (χ0v) is 8.65. The third-order valence-corrected chi connectivity index (χ3v) is 2.33. The highest BCUT2D eigenvalue weighted by molar-refractivity contribution is 7.90. The number of rotatable bonds is 6. The van der Waals surface area contributed by atoms with Crippen LogP contribution in [0.4, 0.5) is 0 Å². The minimum atomic E-state index is -2.84. The van der Waals surface area contributed by atoms with Crippen LogP contribution in [0.15, 0.2) is 0 Å². The van der Waals surface area contributed by atoms with E-state index in [1.165, 1.54) is 6.26 Å². The predicted octanol–water partition coefficient (Wildman–Crippen LogP) is -0.344. The van der Waals surface area contributed by atoms with Crippen LogP contribution in [-0.4, -0.2) is 46.7 Å². The summed E-state index contributed by atoms with van der Waals surface area (Å²) in [6.07, 6.45) is 1.23. The molecule has 0 rings (SSSR count). The molecule has 12 heavy (non-hydrogen) atoms. The van der Waals surface area contributed by atoms with Crippen LogP contribution in [0.2, 0.25) is 0 Å². The number of hydrogen-bond acceptors (Lipinski definition) is 4. The molecule has 0 saturated carbocycles. The van der Waals surface area contributed by atoms with Crippen molar-refractivity contribution in [2.24, 2.45) is 0 Å². The van der Waals surface area contributed by atoms with E-state index in [1.807, 2.05) is 6.92 Å². The molecule has 1 unspecified atom stereocenters. The Kier molecular flexibility index (Phi) is 5.44. The summed E-state index contributed by atoms with van der Waals surface area (Å²) in [6, 6.07) is 0.205. The van der Waals surface area contributed by atoms with Gasteiger partial charge in [-0.05, 0) is 6.92 Å². The van der Waals surface area contributed by atoms with E-state index in [1.54, 1.807) is 7.11 Å². The van der Waals surface area contributed by atoms with E-state index in [0.717, 1.165) is 0 Å². The minimum Gasteiger partial charge on any atom is -0.383 e. The standard InChI is InChI=1S/C7H17NO3S/c1-7(6-11-2)8-4-5-12(3,9)10/h7-8H,4-6H2,1-3H3. The number of ether oxygens (including phenoxy) is 1. The van der Waals surface area contributed by atoms with Gasteiger partial charge in [0, 0.05) is 26.0 Å². The van der Waals surface area contributed by atoms with Crippen LogP contribution >= 0.6 is 0 Å². The van der Waals surface area contributed by atoms with E-state index in [-0.39, 0.29) is 11.8 Å². The number of hydrogen-bond donors (Lipinski definition) is 1. The maximum atomic E-state index is 10.7. The van der Waals surface area contributed by atoms with E-state index in [9.17, 15) is 8.42 Å². The van der Waals surface area contributed by atoms with E-state index in [2.05, 4.69) is 5.32 Å². The Bertz CT molecular complexity index is 201. The first-order chi connectivity index (χ1) is 5.45. The second-order valence-corrected chi connectivity index (χ2v) is 5.20. The van der Waals surface area contributed by atoms with Crippen molar-refractivity contribution in [3.05, 3.63) is 0 Å². The van der Waals surface area contributed by atoms with Gasteiger partial charge in [-0.25, -0.2) is 8.42 Å². The first-order valence-corrected chi connectivity index (χ1v) is 5.92. The molecule has 0 amide bonds. The molecule has 0 aliphatic rings. The van der Waals surface area contributed by atoms with Crippen molar-refractivity contribution in [1.82, 2.24) is 5.32 Å².